The first-order valence-electron chi connectivity index (χ1n) is 10.5. The summed E-state index contributed by atoms with van der Waals surface area (Å²) >= 11 is 0. The van der Waals surface area contributed by atoms with E-state index in [-0.39, 0.29) is 29.2 Å². The average Bonchev–Trinajstić information content (AvgIpc) is 3.59. The molecular weight excluding hydrogens is 414 g/mol. The highest BCUT2D eigenvalue weighted by atomic mass is 32.2. The third-order valence-corrected chi connectivity index (χ3v) is 6.91. The zero-order valence-electron chi connectivity index (χ0n) is 17.9. The van der Waals surface area contributed by atoms with Crippen LogP contribution in [0.2, 0.25) is 0 Å². The normalized spacial score (nSPS) is 14.6. The lowest BCUT2D eigenvalue weighted by atomic mass is 10.1. The van der Waals surface area contributed by atoms with Crippen LogP contribution in [-0.4, -0.2) is 44.3 Å². The molecule has 1 atom stereocenters. The van der Waals surface area contributed by atoms with Gasteiger partial charge in [-0.05, 0) is 49.4 Å². The van der Waals surface area contributed by atoms with Gasteiger partial charge in [-0.15, -0.1) is 0 Å². The lowest BCUT2D eigenvalue weighted by Gasteiger charge is -2.28. The van der Waals surface area contributed by atoms with Crippen molar-refractivity contribution >= 4 is 21.8 Å². The van der Waals surface area contributed by atoms with E-state index < -0.39 is 16.1 Å². The molecule has 7 nitrogen and oxygen atoms in total. The van der Waals surface area contributed by atoms with Crippen LogP contribution in [0.4, 0.5) is 0 Å². The van der Waals surface area contributed by atoms with Crippen molar-refractivity contribution in [3.63, 3.8) is 0 Å². The Labute approximate surface area is 183 Å². The Kier molecular flexibility index (Phi) is 7.46. The van der Waals surface area contributed by atoms with Crippen LogP contribution in [0.3, 0.4) is 0 Å². The van der Waals surface area contributed by atoms with Gasteiger partial charge in [-0.3, -0.25) is 9.59 Å². The smallest absolute Gasteiger partial charge is 0.242 e. The molecule has 0 bridgehead atoms. The number of aryl methyl sites for hydroxylation is 1. The third kappa shape index (κ3) is 6.38. The highest BCUT2D eigenvalue weighted by Crippen LogP contribution is 2.22. The summed E-state index contributed by atoms with van der Waals surface area (Å²) in [6.45, 7) is 2.06. The van der Waals surface area contributed by atoms with Gasteiger partial charge in [-0.1, -0.05) is 42.5 Å². The van der Waals surface area contributed by atoms with E-state index in [1.165, 1.54) is 0 Å². The predicted molar refractivity (Wildman–Crippen MR) is 119 cm³/mol. The maximum absolute atomic E-state index is 13.0. The van der Waals surface area contributed by atoms with Gasteiger partial charge in [0.15, 0.2) is 0 Å². The van der Waals surface area contributed by atoms with Crippen LogP contribution < -0.4 is 10.0 Å². The molecule has 1 fully saturated rings. The second-order valence-corrected chi connectivity index (χ2v) is 9.55. The fourth-order valence-corrected chi connectivity index (χ4v) is 4.60. The highest BCUT2D eigenvalue weighted by Gasteiger charge is 2.28. The Morgan fingerprint density at radius 3 is 2.26 bits per heavy atom. The number of likely N-dealkylation sites (N-methyl/N-ethyl adjacent to an activating group) is 1. The number of benzene rings is 2. The molecule has 0 heterocycles. The summed E-state index contributed by atoms with van der Waals surface area (Å²) in [7, 11) is -1.93. The van der Waals surface area contributed by atoms with Gasteiger partial charge in [0.2, 0.25) is 21.8 Å². The van der Waals surface area contributed by atoms with Crippen molar-refractivity contribution in [1.82, 2.24) is 14.9 Å². The van der Waals surface area contributed by atoms with Crippen LogP contribution >= 0.6 is 0 Å². The van der Waals surface area contributed by atoms with E-state index in [9.17, 15) is 18.0 Å². The standard InChI is InChI=1S/C23H29N3O4S/c1-17(23(28)24-2)26(16-19-6-4-3-5-7-19)22(27)15-10-18-8-13-21(14-9-18)31(29,30)25-20-11-12-20/h3-9,13-14,17,20,25H,10-12,15-16H2,1-2H3,(H,24,28)/t17-/m0/s1. The third-order valence-electron chi connectivity index (χ3n) is 5.37. The number of hydrogen-bond acceptors (Lipinski definition) is 4. The molecule has 3 rings (SSSR count). The number of carbonyl (C=O) groups excluding carboxylic acids is 2. The monoisotopic (exact) mass is 443 g/mol. The minimum absolute atomic E-state index is 0.0557. The Balaban J connectivity index is 1.64. The van der Waals surface area contributed by atoms with Crippen LogP contribution in [0.25, 0.3) is 0 Å². The summed E-state index contributed by atoms with van der Waals surface area (Å²) in [5, 5.41) is 2.60. The van der Waals surface area contributed by atoms with Crippen molar-refractivity contribution in [3.8, 4) is 0 Å². The van der Waals surface area contributed by atoms with Crippen molar-refractivity contribution in [3.05, 3.63) is 65.7 Å². The summed E-state index contributed by atoms with van der Waals surface area (Å²) in [6.07, 6.45) is 2.45. The fourth-order valence-electron chi connectivity index (χ4n) is 3.29. The largest absolute Gasteiger partial charge is 0.357 e. The predicted octanol–water partition coefficient (Wildman–Crippen LogP) is 2.22. The maximum atomic E-state index is 13.0. The first-order valence-corrected chi connectivity index (χ1v) is 11.9. The minimum atomic E-state index is -3.49. The Hall–Kier alpha value is -2.71. The average molecular weight is 444 g/mol. The minimum Gasteiger partial charge on any atom is -0.357 e. The molecule has 1 aliphatic carbocycles. The maximum Gasteiger partial charge on any atom is 0.242 e. The van der Waals surface area contributed by atoms with E-state index in [1.807, 2.05) is 30.3 Å². The molecule has 0 aliphatic heterocycles. The lowest BCUT2D eigenvalue weighted by Crippen LogP contribution is -2.46. The van der Waals surface area contributed by atoms with Crippen molar-refractivity contribution in [2.75, 3.05) is 7.05 Å². The zero-order valence-corrected chi connectivity index (χ0v) is 18.7. The van der Waals surface area contributed by atoms with E-state index in [4.69, 9.17) is 0 Å². The lowest BCUT2D eigenvalue weighted by molar-refractivity contribution is -0.140. The van der Waals surface area contributed by atoms with Crippen molar-refractivity contribution in [2.24, 2.45) is 0 Å². The zero-order chi connectivity index (χ0) is 22.4. The number of nitrogens with one attached hydrogen (secondary N) is 2. The molecule has 0 spiro atoms. The molecule has 166 valence electrons. The molecule has 31 heavy (non-hydrogen) atoms. The molecule has 1 aliphatic rings. The van der Waals surface area contributed by atoms with Crippen molar-refractivity contribution < 1.29 is 18.0 Å². The van der Waals surface area contributed by atoms with E-state index in [0.717, 1.165) is 24.0 Å². The first kappa shape index (κ1) is 23.0. The van der Waals surface area contributed by atoms with Crippen LogP contribution in [0.15, 0.2) is 59.5 Å². The van der Waals surface area contributed by atoms with Crippen LogP contribution in [0, 0.1) is 0 Å². The van der Waals surface area contributed by atoms with E-state index in [0.29, 0.717) is 13.0 Å². The van der Waals surface area contributed by atoms with Gasteiger partial charge in [0.05, 0.1) is 4.90 Å². The van der Waals surface area contributed by atoms with E-state index in [1.54, 1.807) is 43.1 Å². The van der Waals surface area contributed by atoms with Crippen LogP contribution in [0.1, 0.15) is 37.3 Å². The molecule has 2 amide bonds. The van der Waals surface area contributed by atoms with E-state index >= 15 is 0 Å². The van der Waals surface area contributed by atoms with Gasteiger partial charge in [-0.25, -0.2) is 13.1 Å². The van der Waals surface area contributed by atoms with Gasteiger partial charge in [0.1, 0.15) is 6.04 Å². The molecule has 1 saturated carbocycles. The molecule has 0 radical (unpaired) electrons. The topological polar surface area (TPSA) is 95.6 Å². The number of hydrogen-bond donors (Lipinski definition) is 2. The summed E-state index contributed by atoms with van der Waals surface area (Å²) in [4.78, 5) is 26.9. The number of nitrogens with zero attached hydrogens (tertiary/aromatic N) is 1. The summed E-state index contributed by atoms with van der Waals surface area (Å²) < 4.78 is 27.2. The molecule has 0 unspecified atom stereocenters. The van der Waals surface area contributed by atoms with Gasteiger partial charge in [0.25, 0.3) is 0 Å². The Morgan fingerprint density at radius 1 is 1.03 bits per heavy atom. The molecular formula is C23H29N3O4S. The quantitative estimate of drug-likeness (QED) is 0.589. The van der Waals surface area contributed by atoms with Gasteiger partial charge >= 0.3 is 0 Å². The summed E-state index contributed by atoms with van der Waals surface area (Å²) in [6, 6.07) is 15.6. The number of amides is 2. The Morgan fingerprint density at radius 2 is 1.68 bits per heavy atom. The molecule has 2 aromatic carbocycles. The van der Waals surface area contributed by atoms with Gasteiger partial charge in [-0.2, -0.15) is 0 Å². The number of carbonyl (C=O) groups is 2. The SMILES string of the molecule is CNC(=O)[C@H](C)N(Cc1ccccc1)C(=O)CCc1ccc(S(=O)(=O)NC2CC2)cc1. The molecule has 0 aromatic heterocycles. The first-order chi connectivity index (χ1) is 14.8. The summed E-state index contributed by atoms with van der Waals surface area (Å²) in [5.41, 5.74) is 1.82. The van der Waals surface area contributed by atoms with Crippen molar-refractivity contribution in [1.29, 1.82) is 0 Å². The summed E-state index contributed by atoms with van der Waals surface area (Å²) in [5.74, 6) is -0.353. The Bertz CT molecular complexity index is 1000. The van der Waals surface area contributed by atoms with E-state index in [2.05, 4.69) is 10.0 Å². The molecule has 2 aromatic rings. The number of sulfonamides is 1. The van der Waals surface area contributed by atoms with Gasteiger partial charge in [0, 0.05) is 26.1 Å². The number of rotatable bonds is 10. The second-order valence-electron chi connectivity index (χ2n) is 7.84. The fraction of sp³-hybridized carbons (Fsp3) is 0.391. The van der Waals surface area contributed by atoms with Crippen molar-refractivity contribution in [2.45, 2.75) is 56.1 Å². The van der Waals surface area contributed by atoms with Gasteiger partial charge < -0.3 is 10.2 Å². The van der Waals surface area contributed by atoms with Crippen LogP contribution in [-0.2, 0) is 32.6 Å². The van der Waals surface area contributed by atoms with Crippen LogP contribution in [0.5, 0.6) is 0 Å². The molecule has 8 heteroatoms. The second kappa shape index (κ2) is 10.1. The molecule has 2 N–H and O–H groups in total. The molecule has 0 saturated heterocycles. The highest BCUT2D eigenvalue weighted by molar-refractivity contribution is 7.89.